The van der Waals surface area contributed by atoms with Crippen LogP contribution in [0.5, 0.6) is 0 Å². The summed E-state index contributed by atoms with van der Waals surface area (Å²) < 4.78 is 5.25. The molecule has 2 heteroatoms. The van der Waals surface area contributed by atoms with Crippen LogP contribution in [0.2, 0.25) is 0 Å². The standard InChI is InChI=1S/C10H10O2/c1-7(11)9-4-2-3-8-5-12-6-10(8)9/h2-4H,5-6H2,1H3. The Morgan fingerprint density at radius 1 is 1.42 bits per heavy atom. The summed E-state index contributed by atoms with van der Waals surface area (Å²) in [5.74, 6) is 0.123. The molecule has 0 unspecified atom stereocenters. The predicted molar refractivity (Wildman–Crippen MR) is 44.9 cm³/mol. The van der Waals surface area contributed by atoms with Crippen molar-refractivity contribution in [3.63, 3.8) is 0 Å². The number of ketones is 1. The van der Waals surface area contributed by atoms with Gasteiger partial charge in [-0.3, -0.25) is 4.79 Å². The highest BCUT2D eigenvalue weighted by atomic mass is 16.5. The normalized spacial score (nSPS) is 14.4. The Kier molecular flexibility index (Phi) is 1.70. The molecule has 2 nitrogen and oxygen atoms in total. The van der Waals surface area contributed by atoms with Crippen molar-refractivity contribution < 1.29 is 9.53 Å². The minimum Gasteiger partial charge on any atom is -0.372 e. The van der Waals surface area contributed by atoms with Gasteiger partial charge in [-0.1, -0.05) is 18.2 Å². The molecule has 0 spiro atoms. The number of hydrogen-bond acceptors (Lipinski definition) is 2. The van der Waals surface area contributed by atoms with E-state index in [1.54, 1.807) is 6.92 Å². The first-order valence-corrected chi connectivity index (χ1v) is 3.98. The molecule has 0 N–H and O–H groups in total. The lowest BCUT2D eigenvalue weighted by molar-refractivity contribution is 0.101. The fraction of sp³-hybridized carbons (Fsp3) is 0.300. The number of rotatable bonds is 1. The summed E-state index contributed by atoms with van der Waals surface area (Å²) in [4.78, 5) is 11.1. The molecule has 1 aliphatic heterocycles. The number of fused-ring (bicyclic) bond motifs is 1. The molecule has 0 atom stereocenters. The summed E-state index contributed by atoms with van der Waals surface area (Å²) in [6, 6.07) is 5.77. The second kappa shape index (κ2) is 2.72. The van der Waals surface area contributed by atoms with Gasteiger partial charge in [0.1, 0.15) is 0 Å². The van der Waals surface area contributed by atoms with Gasteiger partial charge in [-0.05, 0) is 18.1 Å². The Bertz CT molecular complexity index is 329. The highest BCUT2D eigenvalue weighted by molar-refractivity contribution is 5.95. The van der Waals surface area contributed by atoms with E-state index < -0.39 is 0 Å². The molecule has 0 saturated carbocycles. The minimum absolute atomic E-state index is 0.123. The maximum atomic E-state index is 11.1. The van der Waals surface area contributed by atoms with Crippen molar-refractivity contribution in [1.82, 2.24) is 0 Å². The van der Waals surface area contributed by atoms with Crippen molar-refractivity contribution in [2.75, 3.05) is 0 Å². The van der Waals surface area contributed by atoms with E-state index in [0.717, 1.165) is 16.7 Å². The molecule has 0 bridgehead atoms. The molecule has 0 aromatic heterocycles. The number of benzene rings is 1. The van der Waals surface area contributed by atoms with Crippen molar-refractivity contribution >= 4 is 5.78 Å². The first kappa shape index (κ1) is 7.50. The summed E-state index contributed by atoms with van der Waals surface area (Å²) in [5.41, 5.74) is 3.04. The summed E-state index contributed by atoms with van der Waals surface area (Å²) >= 11 is 0. The zero-order valence-corrected chi connectivity index (χ0v) is 6.96. The molecule has 1 aromatic carbocycles. The van der Waals surface area contributed by atoms with Crippen molar-refractivity contribution in [3.8, 4) is 0 Å². The molecule has 1 heterocycles. The quantitative estimate of drug-likeness (QED) is 0.590. The third-order valence-electron chi connectivity index (χ3n) is 2.16. The largest absolute Gasteiger partial charge is 0.372 e. The van der Waals surface area contributed by atoms with E-state index in [-0.39, 0.29) is 5.78 Å². The zero-order chi connectivity index (χ0) is 8.55. The van der Waals surface area contributed by atoms with Crippen LogP contribution in [0.25, 0.3) is 0 Å². The fourth-order valence-corrected chi connectivity index (χ4v) is 1.53. The highest BCUT2D eigenvalue weighted by Crippen LogP contribution is 2.23. The highest BCUT2D eigenvalue weighted by Gasteiger charge is 2.16. The van der Waals surface area contributed by atoms with Crippen LogP contribution in [0, 0.1) is 0 Å². The first-order chi connectivity index (χ1) is 5.79. The van der Waals surface area contributed by atoms with Crippen LogP contribution in [-0.2, 0) is 18.0 Å². The monoisotopic (exact) mass is 162 g/mol. The van der Waals surface area contributed by atoms with Crippen LogP contribution < -0.4 is 0 Å². The van der Waals surface area contributed by atoms with E-state index in [2.05, 4.69) is 0 Å². The Morgan fingerprint density at radius 2 is 2.25 bits per heavy atom. The lowest BCUT2D eigenvalue weighted by Crippen LogP contribution is -1.98. The predicted octanol–water partition coefficient (Wildman–Crippen LogP) is 1.92. The van der Waals surface area contributed by atoms with Crippen LogP contribution in [0.1, 0.15) is 28.4 Å². The van der Waals surface area contributed by atoms with E-state index in [0.29, 0.717) is 13.2 Å². The molecule has 62 valence electrons. The molecular weight excluding hydrogens is 152 g/mol. The summed E-state index contributed by atoms with van der Waals surface area (Å²) in [7, 11) is 0. The molecular formula is C10H10O2. The lowest BCUT2D eigenvalue weighted by Gasteiger charge is -2.01. The van der Waals surface area contributed by atoms with E-state index in [1.165, 1.54) is 0 Å². The van der Waals surface area contributed by atoms with E-state index in [1.807, 2.05) is 18.2 Å². The Morgan fingerprint density at radius 3 is 3.00 bits per heavy atom. The summed E-state index contributed by atoms with van der Waals surface area (Å²) in [6.45, 7) is 2.83. The van der Waals surface area contributed by atoms with Crippen LogP contribution in [0.4, 0.5) is 0 Å². The molecule has 0 radical (unpaired) electrons. The van der Waals surface area contributed by atoms with Gasteiger partial charge in [-0.2, -0.15) is 0 Å². The molecule has 0 amide bonds. The smallest absolute Gasteiger partial charge is 0.160 e. The SMILES string of the molecule is CC(=O)c1cccc2c1COC2. The Balaban J connectivity index is 2.56. The van der Waals surface area contributed by atoms with Crippen LogP contribution in [0.3, 0.4) is 0 Å². The summed E-state index contributed by atoms with van der Waals surface area (Å²) in [6.07, 6.45) is 0. The molecule has 0 fully saturated rings. The Hall–Kier alpha value is -1.15. The lowest BCUT2D eigenvalue weighted by atomic mass is 10.0. The van der Waals surface area contributed by atoms with Crippen LogP contribution in [-0.4, -0.2) is 5.78 Å². The van der Waals surface area contributed by atoms with Gasteiger partial charge in [0.2, 0.25) is 0 Å². The van der Waals surface area contributed by atoms with Crippen molar-refractivity contribution in [3.05, 3.63) is 34.9 Å². The zero-order valence-electron chi connectivity index (χ0n) is 6.96. The van der Waals surface area contributed by atoms with E-state index in [4.69, 9.17) is 4.74 Å². The molecule has 0 aliphatic carbocycles. The second-order valence-electron chi connectivity index (χ2n) is 2.99. The molecule has 2 rings (SSSR count). The van der Waals surface area contributed by atoms with Gasteiger partial charge in [-0.25, -0.2) is 0 Å². The van der Waals surface area contributed by atoms with Crippen molar-refractivity contribution in [1.29, 1.82) is 0 Å². The summed E-state index contributed by atoms with van der Waals surface area (Å²) in [5, 5.41) is 0. The first-order valence-electron chi connectivity index (χ1n) is 3.98. The van der Waals surface area contributed by atoms with Crippen molar-refractivity contribution in [2.45, 2.75) is 20.1 Å². The average Bonchev–Trinajstić information content (AvgIpc) is 2.49. The average molecular weight is 162 g/mol. The Labute approximate surface area is 71.2 Å². The van der Waals surface area contributed by atoms with Gasteiger partial charge in [0.25, 0.3) is 0 Å². The van der Waals surface area contributed by atoms with Crippen LogP contribution >= 0.6 is 0 Å². The van der Waals surface area contributed by atoms with Crippen molar-refractivity contribution in [2.24, 2.45) is 0 Å². The van der Waals surface area contributed by atoms with Crippen LogP contribution in [0.15, 0.2) is 18.2 Å². The number of carbonyl (C=O) groups excluding carboxylic acids is 1. The molecule has 0 saturated heterocycles. The van der Waals surface area contributed by atoms with Gasteiger partial charge in [0.15, 0.2) is 5.78 Å². The molecule has 1 aliphatic rings. The number of ether oxygens (including phenoxy) is 1. The van der Waals surface area contributed by atoms with E-state index >= 15 is 0 Å². The van der Waals surface area contributed by atoms with Gasteiger partial charge >= 0.3 is 0 Å². The molecule has 12 heavy (non-hydrogen) atoms. The third kappa shape index (κ3) is 1.04. The minimum atomic E-state index is 0.123. The number of Topliss-reactive ketones (excluding diaryl/α,β-unsaturated/α-hetero) is 1. The van der Waals surface area contributed by atoms with Gasteiger partial charge in [0.05, 0.1) is 13.2 Å². The number of carbonyl (C=O) groups is 1. The topological polar surface area (TPSA) is 26.3 Å². The second-order valence-corrected chi connectivity index (χ2v) is 2.99. The van der Waals surface area contributed by atoms with Gasteiger partial charge in [-0.15, -0.1) is 0 Å². The van der Waals surface area contributed by atoms with Gasteiger partial charge < -0.3 is 4.74 Å². The third-order valence-corrected chi connectivity index (χ3v) is 2.16. The maximum Gasteiger partial charge on any atom is 0.160 e. The molecule has 1 aromatic rings. The number of hydrogen-bond donors (Lipinski definition) is 0. The van der Waals surface area contributed by atoms with E-state index in [9.17, 15) is 4.79 Å². The fourth-order valence-electron chi connectivity index (χ4n) is 1.53. The van der Waals surface area contributed by atoms with Gasteiger partial charge in [0, 0.05) is 5.56 Å². The maximum absolute atomic E-state index is 11.1.